The first kappa shape index (κ1) is 8.10. The van der Waals surface area contributed by atoms with Crippen LogP contribution < -0.4 is 0 Å². The number of hydrogen-bond donors (Lipinski definition) is 0. The summed E-state index contributed by atoms with van der Waals surface area (Å²) in [5.74, 6) is 2.74. The Balaban J connectivity index is 1.85. The molecule has 59 valence electrons. The van der Waals surface area contributed by atoms with Gasteiger partial charge >= 0.3 is 0 Å². The third-order valence-corrected chi connectivity index (χ3v) is 2.37. The van der Waals surface area contributed by atoms with Gasteiger partial charge in [-0.25, -0.2) is 0 Å². The zero-order chi connectivity index (χ0) is 7.40. The average molecular weight is 139 g/mol. The molecular formula is C10H19. The molecule has 0 bridgehead atoms. The number of rotatable bonds is 4. The first-order valence-electron chi connectivity index (χ1n) is 4.62. The van der Waals surface area contributed by atoms with Crippen molar-refractivity contribution in [2.75, 3.05) is 0 Å². The van der Waals surface area contributed by atoms with Crippen molar-refractivity contribution >= 4 is 0 Å². The molecule has 1 aliphatic rings. The zero-order valence-electron chi connectivity index (χ0n) is 7.32. The van der Waals surface area contributed by atoms with Gasteiger partial charge in [-0.3, -0.25) is 0 Å². The third-order valence-electron chi connectivity index (χ3n) is 2.37. The van der Waals surface area contributed by atoms with Gasteiger partial charge in [-0.2, -0.15) is 0 Å². The van der Waals surface area contributed by atoms with Gasteiger partial charge in [0.2, 0.25) is 0 Å². The van der Waals surface area contributed by atoms with Crippen LogP contribution in [0.5, 0.6) is 0 Å². The molecule has 1 rings (SSSR count). The van der Waals surface area contributed by atoms with Gasteiger partial charge in [-0.05, 0) is 31.1 Å². The second-order valence-electron chi connectivity index (χ2n) is 3.89. The molecule has 0 heterocycles. The van der Waals surface area contributed by atoms with E-state index in [0.717, 1.165) is 5.92 Å². The molecule has 0 amide bonds. The van der Waals surface area contributed by atoms with E-state index in [1.807, 2.05) is 5.92 Å². The van der Waals surface area contributed by atoms with Crippen molar-refractivity contribution in [1.29, 1.82) is 0 Å². The molecule has 0 atom stereocenters. The molecule has 0 aromatic heterocycles. The summed E-state index contributed by atoms with van der Waals surface area (Å²) < 4.78 is 0. The minimum absolute atomic E-state index is 0.903. The van der Waals surface area contributed by atoms with Crippen LogP contribution in [0.25, 0.3) is 0 Å². The van der Waals surface area contributed by atoms with Gasteiger partial charge < -0.3 is 0 Å². The maximum absolute atomic E-state index is 2.31. The predicted octanol–water partition coefficient (Wildman–Crippen LogP) is 3.57. The Labute approximate surface area is 65.0 Å². The quantitative estimate of drug-likeness (QED) is 0.558. The second-order valence-corrected chi connectivity index (χ2v) is 3.89. The molecule has 1 aliphatic carbocycles. The highest BCUT2D eigenvalue weighted by molar-refractivity contribution is 4.97. The standard InChI is InChI=1S/C10H19/c1-9(2)5-3-6-10-7-4-8-10/h9H,3-8H2,1-2H3. The first-order chi connectivity index (χ1) is 4.79. The van der Waals surface area contributed by atoms with Crippen LogP contribution in [-0.2, 0) is 0 Å². The van der Waals surface area contributed by atoms with Crippen LogP contribution in [0.1, 0.15) is 52.4 Å². The fourth-order valence-corrected chi connectivity index (χ4v) is 1.44. The van der Waals surface area contributed by atoms with E-state index in [9.17, 15) is 0 Å². The summed E-state index contributed by atoms with van der Waals surface area (Å²) in [6.07, 6.45) is 8.64. The van der Waals surface area contributed by atoms with Crippen molar-refractivity contribution < 1.29 is 0 Å². The zero-order valence-corrected chi connectivity index (χ0v) is 7.32. The fourth-order valence-electron chi connectivity index (χ4n) is 1.44. The molecule has 0 spiro atoms. The lowest BCUT2D eigenvalue weighted by atomic mass is 9.81. The predicted molar refractivity (Wildman–Crippen MR) is 45.8 cm³/mol. The van der Waals surface area contributed by atoms with E-state index in [-0.39, 0.29) is 0 Å². The van der Waals surface area contributed by atoms with Crippen LogP contribution in [0.3, 0.4) is 0 Å². The Morgan fingerprint density at radius 2 is 2.00 bits per heavy atom. The molecule has 1 radical (unpaired) electrons. The van der Waals surface area contributed by atoms with E-state index in [1.165, 1.54) is 38.5 Å². The van der Waals surface area contributed by atoms with Crippen LogP contribution >= 0.6 is 0 Å². The van der Waals surface area contributed by atoms with Crippen molar-refractivity contribution in [3.05, 3.63) is 5.92 Å². The van der Waals surface area contributed by atoms with Gasteiger partial charge in [0.25, 0.3) is 0 Å². The van der Waals surface area contributed by atoms with Gasteiger partial charge in [-0.15, -0.1) is 0 Å². The summed E-state index contributed by atoms with van der Waals surface area (Å²) in [7, 11) is 0. The molecule has 1 fully saturated rings. The average Bonchev–Trinajstić information content (AvgIpc) is 1.75. The summed E-state index contributed by atoms with van der Waals surface area (Å²) in [5.41, 5.74) is 0. The topological polar surface area (TPSA) is 0 Å². The van der Waals surface area contributed by atoms with E-state index in [2.05, 4.69) is 13.8 Å². The van der Waals surface area contributed by atoms with E-state index < -0.39 is 0 Å². The Kier molecular flexibility index (Phi) is 3.24. The highest BCUT2D eigenvalue weighted by Gasteiger charge is 2.16. The van der Waals surface area contributed by atoms with E-state index in [4.69, 9.17) is 0 Å². The molecular weight excluding hydrogens is 120 g/mol. The second kappa shape index (κ2) is 4.00. The smallest absolute Gasteiger partial charge is 0.0241 e. The molecule has 10 heavy (non-hydrogen) atoms. The lowest BCUT2D eigenvalue weighted by Gasteiger charge is -2.24. The van der Waals surface area contributed by atoms with Crippen LogP contribution in [0, 0.1) is 11.8 Å². The molecule has 0 N–H and O–H groups in total. The molecule has 1 saturated carbocycles. The molecule has 0 unspecified atom stereocenters. The Bertz CT molecular complexity index is 80.0. The summed E-state index contributed by atoms with van der Waals surface area (Å²) >= 11 is 0. The van der Waals surface area contributed by atoms with E-state index in [0.29, 0.717) is 0 Å². The first-order valence-corrected chi connectivity index (χ1v) is 4.62. The van der Waals surface area contributed by atoms with Crippen molar-refractivity contribution in [3.63, 3.8) is 0 Å². The van der Waals surface area contributed by atoms with E-state index >= 15 is 0 Å². The monoisotopic (exact) mass is 139 g/mol. The molecule has 0 nitrogen and oxygen atoms in total. The van der Waals surface area contributed by atoms with Crippen molar-refractivity contribution in [2.45, 2.75) is 52.4 Å². The van der Waals surface area contributed by atoms with Crippen LogP contribution in [0.15, 0.2) is 0 Å². The largest absolute Gasteiger partial charge is 0.0628 e. The normalized spacial score (nSPS) is 19.5. The van der Waals surface area contributed by atoms with Gasteiger partial charge in [0, 0.05) is 0 Å². The Hall–Kier alpha value is 0. The maximum atomic E-state index is 2.31. The minimum Gasteiger partial charge on any atom is -0.0628 e. The number of hydrogen-bond acceptors (Lipinski definition) is 0. The summed E-state index contributed by atoms with van der Waals surface area (Å²) in [4.78, 5) is 0. The molecule has 0 saturated heterocycles. The van der Waals surface area contributed by atoms with Gasteiger partial charge in [0.1, 0.15) is 0 Å². The lowest BCUT2D eigenvalue weighted by Crippen LogP contribution is -2.08. The van der Waals surface area contributed by atoms with Crippen molar-refractivity contribution in [3.8, 4) is 0 Å². The maximum Gasteiger partial charge on any atom is -0.0241 e. The van der Waals surface area contributed by atoms with Gasteiger partial charge in [0.05, 0.1) is 0 Å². The van der Waals surface area contributed by atoms with Gasteiger partial charge in [0.15, 0.2) is 0 Å². The van der Waals surface area contributed by atoms with Crippen LogP contribution in [0.2, 0.25) is 0 Å². The van der Waals surface area contributed by atoms with Crippen LogP contribution in [-0.4, -0.2) is 0 Å². The lowest BCUT2D eigenvalue weighted by molar-refractivity contribution is 0.462. The highest BCUT2D eigenvalue weighted by atomic mass is 14.2. The highest BCUT2D eigenvalue weighted by Crippen LogP contribution is 2.33. The van der Waals surface area contributed by atoms with Gasteiger partial charge in [-0.1, -0.05) is 33.1 Å². The molecule has 0 heteroatoms. The molecule has 0 aromatic carbocycles. The summed E-state index contributed by atoms with van der Waals surface area (Å²) in [5, 5.41) is 0. The molecule has 0 aliphatic heterocycles. The van der Waals surface area contributed by atoms with Crippen molar-refractivity contribution in [2.24, 2.45) is 5.92 Å². The minimum atomic E-state index is 0.903. The summed E-state index contributed by atoms with van der Waals surface area (Å²) in [6, 6.07) is 0. The molecule has 0 aromatic rings. The third kappa shape index (κ3) is 2.72. The fraction of sp³-hybridized carbons (Fsp3) is 0.900. The van der Waals surface area contributed by atoms with Crippen molar-refractivity contribution in [1.82, 2.24) is 0 Å². The van der Waals surface area contributed by atoms with E-state index in [1.54, 1.807) is 0 Å². The summed E-state index contributed by atoms with van der Waals surface area (Å²) in [6.45, 7) is 4.62. The van der Waals surface area contributed by atoms with Crippen LogP contribution in [0.4, 0.5) is 0 Å². The Morgan fingerprint density at radius 1 is 1.30 bits per heavy atom. The Morgan fingerprint density at radius 3 is 2.40 bits per heavy atom. The SMILES string of the molecule is CC(C)CCC[C]1CCC1.